The van der Waals surface area contributed by atoms with E-state index in [1.807, 2.05) is 11.8 Å². The van der Waals surface area contributed by atoms with Crippen LogP contribution in [0.3, 0.4) is 0 Å². The first-order valence-corrected chi connectivity index (χ1v) is 19.7. The third-order valence-electron chi connectivity index (χ3n) is 11.6. The van der Waals surface area contributed by atoms with Gasteiger partial charge in [0.05, 0.1) is 11.4 Å². The lowest BCUT2D eigenvalue weighted by atomic mass is 9.84. The number of para-hydroxylation sites is 1. The van der Waals surface area contributed by atoms with E-state index < -0.39 is 0 Å². The number of piperidine rings is 2. The minimum Gasteiger partial charge on any atom is -0.372 e. The zero-order chi connectivity index (χ0) is 33.9. The zero-order valence-corrected chi connectivity index (χ0v) is 30.2. The molecule has 0 amide bonds. The Balaban J connectivity index is 1.29. The van der Waals surface area contributed by atoms with Gasteiger partial charge in [-0.3, -0.25) is 0 Å². The Morgan fingerprint density at radius 3 is 1.80 bits per heavy atom. The summed E-state index contributed by atoms with van der Waals surface area (Å²) in [6.45, 7) is 4.52. The van der Waals surface area contributed by atoms with Crippen LogP contribution in [0.15, 0.2) is 131 Å². The van der Waals surface area contributed by atoms with Gasteiger partial charge in [0, 0.05) is 54.4 Å². The first-order valence-electron chi connectivity index (χ1n) is 18.9. The summed E-state index contributed by atoms with van der Waals surface area (Å²) in [4.78, 5) is 10.2. The molecular formula is C47H43N3S. The average Bonchev–Trinajstić information content (AvgIpc) is 3.20. The predicted molar refractivity (Wildman–Crippen MR) is 221 cm³/mol. The second-order valence-electron chi connectivity index (χ2n) is 14.6. The molecule has 0 saturated carbocycles. The number of rotatable bonds is 4. The van der Waals surface area contributed by atoms with Crippen LogP contribution in [0.2, 0.25) is 0 Å². The fourth-order valence-corrected chi connectivity index (χ4v) is 10.2. The summed E-state index contributed by atoms with van der Waals surface area (Å²) in [5.74, 6) is 0. The molecule has 51 heavy (non-hydrogen) atoms. The van der Waals surface area contributed by atoms with Crippen molar-refractivity contribution in [3.8, 4) is 22.3 Å². The Labute approximate surface area is 305 Å². The maximum atomic E-state index is 2.61. The van der Waals surface area contributed by atoms with Crippen LogP contribution in [-0.2, 0) is 0 Å². The molecule has 3 aliphatic heterocycles. The molecule has 0 unspecified atom stereocenters. The van der Waals surface area contributed by atoms with Crippen molar-refractivity contribution in [2.45, 2.75) is 48.3 Å². The van der Waals surface area contributed by atoms with Gasteiger partial charge in [0.1, 0.15) is 0 Å². The van der Waals surface area contributed by atoms with E-state index in [0.717, 1.165) is 26.2 Å². The van der Waals surface area contributed by atoms with E-state index in [4.69, 9.17) is 0 Å². The van der Waals surface area contributed by atoms with E-state index in [0.29, 0.717) is 0 Å². The molecular weight excluding hydrogens is 639 g/mol. The number of benzene rings is 7. The van der Waals surface area contributed by atoms with Crippen LogP contribution in [0, 0.1) is 0 Å². The van der Waals surface area contributed by atoms with Crippen LogP contribution < -0.4 is 14.7 Å². The van der Waals surface area contributed by atoms with E-state index in [1.165, 1.54) is 126 Å². The van der Waals surface area contributed by atoms with E-state index in [-0.39, 0.29) is 0 Å². The highest BCUT2D eigenvalue weighted by Gasteiger charge is 2.25. The van der Waals surface area contributed by atoms with Gasteiger partial charge in [-0.2, -0.15) is 0 Å². The molecule has 0 radical (unpaired) electrons. The molecule has 0 spiro atoms. The minimum absolute atomic E-state index is 1.13. The predicted octanol–water partition coefficient (Wildman–Crippen LogP) is 12.7. The minimum atomic E-state index is 1.13. The summed E-state index contributed by atoms with van der Waals surface area (Å²) in [5.41, 5.74) is 10.5. The van der Waals surface area contributed by atoms with Gasteiger partial charge in [0.2, 0.25) is 0 Å². The molecule has 0 atom stereocenters. The third-order valence-corrected chi connectivity index (χ3v) is 12.8. The van der Waals surface area contributed by atoms with Gasteiger partial charge in [-0.15, -0.1) is 0 Å². The number of nitrogens with zero attached hydrogens (tertiary/aromatic N) is 3. The number of hydrogen-bond donors (Lipinski definition) is 0. The topological polar surface area (TPSA) is 9.72 Å². The van der Waals surface area contributed by atoms with Crippen LogP contribution in [0.25, 0.3) is 54.6 Å². The molecule has 252 valence electrons. The van der Waals surface area contributed by atoms with Gasteiger partial charge in [0.25, 0.3) is 0 Å². The van der Waals surface area contributed by atoms with Gasteiger partial charge < -0.3 is 14.7 Å². The first kappa shape index (κ1) is 30.9. The standard InChI is InChI=1S/C47H43N3S/c1-48-42-17-6-7-18-44(42)51-45-24-19-33(29-43(45)48)46-38-22-20-35(50-27-10-3-11-28-50)31-41(38)47(37-16-12-14-32-13-4-5-15-36(32)37)39-23-21-34(30-40(39)46)49-25-8-2-9-26-49/h4-7,12-24,29-31H,2-3,8-11,25-28H2,1H3. The highest BCUT2D eigenvalue weighted by molar-refractivity contribution is 7.99. The fourth-order valence-electron chi connectivity index (χ4n) is 9.04. The van der Waals surface area contributed by atoms with Crippen molar-refractivity contribution in [1.82, 2.24) is 0 Å². The lowest BCUT2D eigenvalue weighted by Gasteiger charge is -2.31. The smallest absolute Gasteiger partial charge is 0.0556 e. The Hall–Kier alpha value is -4.93. The molecule has 0 N–H and O–H groups in total. The highest BCUT2D eigenvalue weighted by atomic mass is 32.2. The van der Waals surface area contributed by atoms with Crippen LogP contribution in [0.5, 0.6) is 0 Å². The monoisotopic (exact) mass is 681 g/mol. The second-order valence-corrected chi connectivity index (χ2v) is 15.7. The number of hydrogen-bond acceptors (Lipinski definition) is 4. The molecule has 0 aromatic heterocycles. The number of anilines is 4. The van der Waals surface area contributed by atoms with Crippen molar-refractivity contribution in [2.24, 2.45) is 0 Å². The van der Waals surface area contributed by atoms with Crippen LogP contribution in [-0.4, -0.2) is 33.2 Å². The third kappa shape index (κ3) is 5.26. The van der Waals surface area contributed by atoms with E-state index in [9.17, 15) is 0 Å². The summed E-state index contributed by atoms with van der Waals surface area (Å²) in [6.07, 6.45) is 7.71. The summed E-state index contributed by atoms with van der Waals surface area (Å²) in [7, 11) is 2.22. The second kappa shape index (κ2) is 12.7. The van der Waals surface area contributed by atoms with E-state index in [2.05, 4.69) is 143 Å². The molecule has 7 aromatic rings. The first-order chi connectivity index (χ1) is 25.2. The lowest BCUT2D eigenvalue weighted by Crippen LogP contribution is -2.29. The van der Waals surface area contributed by atoms with Gasteiger partial charge in [-0.25, -0.2) is 0 Å². The fraction of sp³-hybridized carbons (Fsp3) is 0.234. The molecule has 10 rings (SSSR count). The number of fused-ring (bicyclic) bond motifs is 5. The molecule has 3 heterocycles. The molecule has 3 nitrogen and oxygen atoms in total. The van der Waals surface area contributed by atoms with Crippen molar-refractivity contribution in [3.05, 3.63) is 121 Å². The molecule has 7 aromatic carbocycles. The van der Waals surface area contributed by atoms with Crippen LogP contribution in [0.4, 0.5) is 22.7 Å². The normalized spacial score (nSPS) is 16.1. The van der Waals surface area contributed by atoms with Crippen molar-refractivity contribution in [1.29, 1.82) is 0 Å². The Bertz CT molecular complexity index is 2450. The SMILES string of the molecule is CN1c2ccccc2Sc2ccc(-c3c4cc(N5CCCCC5)ccc4c(-c4cccc5ccccc45)c4cc(N5CCCCC5)ccc34)cc21. The largest absolute Gasteiger partial charge is 0.372 e. The van der Waals surface area contributed by atoms with Crippen molar-refractivity contribution in [2.75, 3.05) is 47.9 Å². The summed E-state index contributed by atoms with van der Waals surface area (Å²) >= 11 is 1.88. The van der Waals surface area contributed by atoms with Crippen molar-refractivity contribution in [3.63, 3.8) is 0 Å². The summed E-state index contributed by atoms with van der Waals surface area (Å²) < 4.78 is 0. The highest BCUT2D eigenvalue weighted by Crippen LogP contribution is 2.51. The van der Waals surface area contributed by atoms with E-state index >= 15 is 0 Å². The van der Waals surface area contributed by atoms with Crippen LogP contribution in [0.1, 0.15) is 38.5 Å². The van der Waals surface area contributed by atoms with Gasteiger partial charge >= 0.3 is 0 Å². The molecule has 0 aliphatic carbocycles. The maximum Gasteiger partial charge on any atom is 0.0556 e. The van der Waals surface area contributed by atoms with Gasteiger partial charge in [-0.05, 0) is 142 Å². The quantitative estimate of drug-likeness (QED) is 0.171. The van der Waals surface area contributed by atoms with Crippen LogP contribution >= 0.6 is 11.8 Å². The Morgan fingerprint density at radius 2 is 1.06 bits per heavy atom. The maximum absolute atomic E-state index is 2.61. The molecule has 4 heteroatoms. The summed E-state index contributed by atoms with van der Waals surface area (Å²) in [5, 5.41) is 7.93. The van der Waals surface area contributed by atoms with E-state index in [1.54, 1.807) is 0 Å². The van der Waals surface area contributed by atoms with Crippen molar-refractivity contribution < 1.29 is 0 Å². The molecule has 3 aliphatic rings. The molecule has 2 saturated heterocycles. The molecule has 2 fully saturated rings. The lowest BCUT2D eigenvalue weighted by molar-refractivity contribution is 0.578. The zero-order valence-electron chi connectivity index (χ0n) is 29.4. The summed E-state index contributed by atoms with van der Waals surface area (Å²) in [6, 6.07) is 46.5. The van der Waals surface area contributed by atoms with Gasteiger partial charge in [0.15, 0.2) is 0 Å². The van der Waals surface area contributed by atoms with Crippen molar-refractivity contribution >= 4 is 66.8 Å². The van der Waals surface area contributed by atoms with Gasteiger partial charge in [-0.1, -0.05) is 84.6 Å². The average molecular weight is 682 g/mol. The Kier molecular flexibility index (Phi) is 7.67. The molecule has 0 bridgehead atoms. The Morgan fingerprint density at radius 1 is 0.451 bits per heavy atom.